The first-order valence-electron chi connectivity index (χ1n) is 8.16. The van der Waals surface area contributed by atoms with Gasteiger partial charge < -0.3 is 19.9 Å². The van der Waals surface area contributed by atoms with E-state index in [1.807, 2.05) is 25.7 Å². The molecule has 2 rings (SSSR count). The molecule has 2 fully saturated rings. The molecule has 0 spiro atoms. The lowest BCUT2D eigenvalue weighted by Gasteiger charge is -2.24. The Morgan fingerprint density at radius 3 is 2.62 bits per heavy atom. The second kappa shape index (κ2) is 6.53. The molecular weight excluding hydrogens is 266 g/mol. The molecule has 0 bridgehead atoms. The van der Waals surface area contributed by atoms with Gasteiger partial charge in [-0.1, -0.05) is 0 Å². The molecule has 0 saturated carbocycles. The summed E-state index contributed by atoms with van der Waals surface area (Å²) in [4.78, 5) is 16.3. The molecule has 2 aliphatic rings. The Bertz CT molecular complexity index is 357. The van der Waals surface area contributed by atoms with Gasteiger partial charge in [-0.05, 0) is 53.5 Å². The molecule has 0 aromatic rings. The summed E-state index contributed by atoms with van der Waals surface area (Å²) in [5.74, 6) is 0.554. The molecular formula is C16H31N3O2. The third kappa shape index (κ3) is 4.85. The molecule has 2 aliphatic heterocycles. The van der Waals surface area contributed by atoms with Gasteiger partial charge in [-0.15, -0.1) is 0 Å². The molecule has 5 nitrogen and oxygen atoms in total. The van der Waals surface area contributed by atoms with E-state index >= 15 is 0 Å². The van der Waals surface area contributed by atoms with Crippen molar-refractivity contribution in [2.75, 3.05) is 33.2 Å². The Balaban J connectivity index is 1.70. The Labute approximate surface area is 129 Å². The first kappa shape index (κ1) is 16.6. The van der Waals surface area contributed by atoms with E-state index in [9.17, 15) is 4.79 Å². The molecule has 1 amide bonds. The van der Waals surface area contributed by atoms with Gasteiger partial charge >= 0.3 is 6.09 Å². The summed E-state index contributed by atoms with van der Waals surface area (Å²) in [5.41, 5.74) is -0.405. The fourth-order valence-electron chi connectivity index (χ4n) is 3.17. The monoisotopic (exact) mass is 297 g/mol. The lowest BCUT2D eigenvalue weighted by atomic mass is 10.1. The zero-order chi connectivity index (χ0) is 15.6. The highest BCUT2D eigenvalue weighted by Gasteiger charge is 2.31. The molecule has 3 unspecified atom stereocenters. The summed E-state index contributed by atoms with van der Waals surface area (Å²) in [6.45, 7) is 11.8. The maximum atomic E-state index is 12.0. The predicted octanol–water partition coefficient (Wildman–Crippen LogP) is 1.93. The molecule has 2 saturated heterocycles. The molecule has 0 aliphatic carbocycles. The Morgan fingerprint density at radius 2 is 2.05 bits per heavy atom. The van der Waals surface area contributed by atoms with E-state index in [1.54, 1.807) is 0 Å². The molecule has 122 valence electrons. The summed E-state index contributed by atoms with van der Waals surface area (Å²) < 4.78 is 5.44. The molecule has 1 N–H and O–H groups in total. The average Bonchev–Trinajstić information content (AvgIpc) is 2.93. The zero-order valence-electron chi connectivity index (χ0n) is 14.2. The number of hydrogen-bond donors (Lipinski definition) is 1. The third-order valence-corrected chi connectivity index (χ3v) is 4.52. The highest BCUT2D eigenvalue weighted by Crippen LogP contribution is 2.20. The SMILES string of the molecule is CC1CC(NCC2CCN(C(=O)OC(C)(C)C)C2)CN1C. The smallest absolute Gasteiger partial charge is 0.410 e. The maximum absolute atomic E-state index is 12.0. The minimum atomic E-state index is -0.405. The number of likely N-dealkylation sites (N-methyl/N-ethyl adjacent to an activating group) is 1. The number of amides is 1. The van der Waals surface area contributed by atoms with Gasteiger partial charge in [0.05, 0.1) is 0 Å². The Kier molecular flexibility index (Phi) is 5.15. The number of nitrogens with zero attached hydrogens (tertiary/aromatic N) is 2. The summed E-state index contributed by atoms with van der Waals surface area (Å²) in [7, 11) is 2.19. The number of likely N-dealkylation sites (tertiary alicyclic amines) is 2. The van der Waals surface area contributed by atoms with Crippen LogP contribution in [-0.4, -0.2) is 66.8 Å². The van der Waals surface area contributed by atoms with Crippen LogP contribution in [0.1, 0.15) is 40.5 Å². The molecule has 2 heterocycles. The van der Waals surface area contributed by atoms with E-state index in [0.717, 1.165) is 32.6 Å². The van der Waals surface area contributed by atoms with Crippen LogP contribution in [0.4, 0.5) is 4.79 Å². The number of carbonyl (C=O) groups excluding carboxylic acids is 1. The van der Waals surface area contributed by atoms with Crippen molar-refractivity contribution in [3.63, 3.8) is 0 Å². The summed E-state index contributed by atoms with van der Waals surface area (Å²) in [6, 6.07) is 1.27. The van der Waals surface area contributed by atoms with Crippen molar-refractivity contribution in [1.82, 2.24) is 15.1 Å². The number of nitrogens with one attached hydrogen (secondary N) is 1. The second-order valence-corrected chi connectivity index (χ2v) is 7.71. The number of carbonyl (C=O) groups is 1. The van der Waals surface area contributed by atoms with Gasteiger partial charge in [-0.25, -0.2) is 4.79 Å². The van der Waals surface area contributed by atoms with Gasteiger partial charge in [-0.3, -0.25) is 0 Å². The maximum Gasteiger partial charge on any atom is 0.410 e. The Morgan fingerprint density at radius 1 is 1.33 bits per heavy atom. The van der Waals surface area contributed by atoms with Crippen LogP contribution in [0.3, 0.4) is 0 Å². The number of rotatable bonds is 3. The van der Waals surface area contributed by atoms with Crippen molar-refractivity contribution in [2.45, 2.75) is 58.2 Å². The van der Waals surface area contributed by atoms with E-state index in [1.165, 1.54) is 6.42 Å². The van der Waals surface area contributed by atoms with Crippen LogP contribution in [0.25, 0.3) is 0 Å². The van der Waals surface area contributed by atoms with Gasteiger partial charge in [0, 0.05) is 38.3 Å². The van der Waals surface area contributed by atoms with Crippen LogP contribution >= 0.6 is 0 Å². The van der Waals surface area contributed by atoms with Crippen molar-refractivity contribution in [1.29, 1.82) is 0 Å². The highest BCUT2D eigenvalue weighted by atomic mass is 16.6. The van der Waals surface area contributed by atoms with Crippen molar-refractivity contribution in [2.24, 2.45) is 5.92 Å². The van der Waals surface area contributed by atoms with Crippen molar-refractivity contribution in [3.05, 3.63) is 0 Å². The minimum Gasteiger partial charge on any atom is -0.444 e. The normalized spacial score (nSPS) is 30.9. The molecule has 0 aromatic heterocycles. The van der Waals surface area contributed by atoms with E-state index < -0.39 is 5.60 Å². The summed E-state index contributed by atoms with van der Waals surface area (Å²) >= 11 is 0. The molecule has 21 heavy (non-hydrogen) atoms. The van der Waals surface area contributed by atoms with Gasteiger partial charge in [0.25, 0.3) is 0 Å². The second-order valence-electron chi connectivity index (χ2n) is 7.71. The van der Waals surface area contributed by atoms with Crippen LogP contribution in [-0.2, 0) is 4.74 Å². The van der Waals surface area contributed by atoms with Crippen LogP contribution in [0.5, 0.6) is 0 Å². The van der Waals surface area contributed by atoms with Crippen LogP contribution < -0.4 is 5.32 Å². The first-order valence-corrected chi connectivity index (χ1v) is 8.16. The molecule has 5 heteroatoms. The third-order valence-electron chi connectivity index (χ3n) is 4.52. The average molecular weight is 297 g/mol. The van der Waals surface area contributed by atoms with Crippen LogP contribution in [0.2, 0.25) is 0 Å². The molecule has 0 radical (unpaired) electrons. The lowest BCUT2D eigenvalue weighted by molar-refractivity contribution is 0.0288. The molecule has 3 atom stereocenters. The van der Waals surface area contributed by atoms with Gasteiger partial charge in [-0.2, -0.15) is 0 Å². The zero-order valence-corrected chi connectivity index (χ0v) is 14.2. The summed E-state index contributed by atoms with van der Waals surface area (Å²) in [5, 5.41) is 3.67. The fraction of sp³-hybridized carbons (Fsp3) is 0.938. The van der Waals surface area contributed by atoms with Crippen molar-refractivity contribution < 1.29 is 9.53 Å². The quantitative estimate of drug-likeness (QED) is 0.864. The van der Waals surface area contributed by atoms with E-state index in [4.69, 9.17) is 4.74 Å². The topological polar surface area (TPSA) is 44.8 Å². The Hall–Kier alpha value is -0.810. The lowest BCUT2D eigenvalue weighted by Crippen LogP contribution is -2.38. The van der Waals surface area contributed by atoms with Gasteiger partial charge in [0.1, 0.15) is 5.60 Å². The van der Waals surface area contributed by atoms with Gasteiger partial charge in [0.15, 0.2) is 0 Å². The predicted molar refractivity (Wildman–Crippen MR) is 84.4 cm³/mol. The highest BCUT2D eigenvalue weighted by molar-refractivity contribution is 5.68. The van der Waals surface area contributed by atoms with Crippen molar-refractivity contribution in [3.8, 4) is 0 Å². The fourth-order valence-corrected chi connectivity index (χ4v) is 3.17. The van der Waals surface area contributed by atoms with Gasteiger partial charge in [0.2, 0.25) is 0 Å². The van der Waals surface area contributed by atoms with E-state index in [0.29, 0.717) is 18.0 Å². The summed E-state index contributed by atoms with van der Waals surface area (Å²) in [6.07, 6.45) is 2.13. The van der Waals surface area contributed by atoms with Crippen LogP contribution in [0, 0.1) is 5.92 Å². The van der Waals surface area contributed by atoms with Crippen molar-refractivity contribution >= 4 is 6.09 Å². The largest absolute Gasteiger partial charge is 0.444 e. The van der Waals surface area contributed by atoms with Crippen LogP contribution in [0.15, 0.2) is 0 Å². The molecule has 0 aromatic carbocycles. The van der Waals surface area contributed by atoms with E-state index in [-0.39, 0.29) is 6.09 Å². The van der Waals surface area contributed by atoms with E-state index in [2.05, 4.69) is 24.2 Å². The number of hydrogen-bond acceptors (Lipinski definition) is 4. The standard InChI is InChI=1S/C16H31N3O2/c1-12-8-14(11-18(12)5)17-9-13-6-7-19(10-13)15(20)21-16(2,3)4/h12-14,17H,6-11H2,1-5H3. The first-order chi connectivity index (χ1) is 9.74. The minimum absolute atomic E-state index is 0.167. The number of ether oxygens (including phenoxy) is 1.